The Morgan fingerprint density at radius 1 is 1.11 bits per heavy atom. The van der Waals surface area contributed by atoms with E-state index in [0.29, 0.717) is 42.9 Å². The number of nitrogens with zero attached hydrogens (tertiary/aromatic N) is 3. The smallest absolute Gasteiger partial charge is 0.254 e. The molecule has 228 valence electrons. The van der Waals surface area contributed by atoms with Gasteiger partial charge in [-0.15, -0.1) is 11.3 Å². The molecule has 2 aliphatic rings. The Morgan fingerprint density at radius 3 is 2.70 bits per heavy atom. The Labute approximate surface area is 261 Å². The fraction of sp³-hybridized carbons (Fsp3) is 0.353. The second-order valence-electron chi connectivity index (χ2n) is 11.5. The molecule has 0 spiro atoms. The first-order valence-electron chi connectivity index (χ1n) is 15.1. The number of likely N-dealkylation sites (tertiary alicyclic amines) is 1. The second-order valence-corrected chi connectivity index (χ2v) is 12.4. The minimum atomic E-state index is -0.881. The number of benzene rings is 2. The normalized spacial score (nSPS) is 21.1. The van der Waals surface area contributed by atoms with Crippen molar-refractivity contribution in [3.05, 3.63) is 112 Å². The molecule has 10 heteroatoms. The summed E-state index contributed by atoms with van der Waals surface area (Å²) < 4.78 is 6.01. The minimum absolute atomic E-state index is 0.0477. The van der Waals surface area contributed by atoms with Gasteiger partial charge >= 0.3 is 0 Å². The lowest BCUT2D eigenvalue weighted by Crippen LogP contribution is -2.52. The summed E-state index contributed by atoms with van der Waals surface area (Å²) >= 11 is 1.58. The van der Waals surface area contributed by atoms with E-state index in [2.05, 4.69) is 20.6 Å². The topological polar surface area (TPSA) is 117 Å². The number of carbonyl (C=O) groups excluding carboxylic acids is 2. The fourth-order valence-corrected chi connectivity index (χ4v) is 7.02. The highest BCUT2D eigenvalue weighted by molar-refractivity contribution is 7.09. The predicted molar refractivity (Wildman–Crippen MR) is 169 cm³/mol. The van der Waals surface area contributed by atoms with Crippen LogP contribution in [0.15, 0.2) is 84.4 Å². The van der Waals surface area contributed by atoms with Gasteiger partial charge < -0.3 is 25.4 Å². The van der Waals surface area contributed by atoms with Crippen LogP contribution in [0.3, 0.4) is 0 Å². The molecule has 9 nitrogen and oxygen atoms in total. The Bertz CT molecular complexity index is 1570. The predicted octanol–water partition coefficient (Wildman–Crippen LogP) is 4.34. The van der Waals surface area contributed by atoms with Crippen LogP contribution < -0.4 is 15.4 Å². The number of thiazole rings is 1. The zero-order valence-electron chi connectivity index (χ0n) is 24.6. The largest absolute Gasteiger partial charge is 0.473 e. The van der Waals surface area contributed by atoms with Crippen molar-refractivity contribution in [1.82, 2.24) is 25.5 Å². The van der Waals surface area contributed by atoms with Crippen molar-refractivity contribution in [3.63, 3.8) is 0 Å². The highest BCUT2D eigenvalue weighted by atomic mass is 32.1. The van der Waals surface area contributed by atoms with E-state index in [4.69, 9.17) is 4.74 Å². The number of aliphatic hydroxyl groups excluding tert-OH is 1. The number of aliphatic hydroxyl groups is 1. The van der Waals surface area contributed by atoms with E-state index in [0.717, 1.165) is 29.1 Å². The maximum absolute atomic E-state index is 13.6. The molecule has 6 rings (SSSR count). The second kappa shape index (κ2) is 13.7. The van der Waals surface area contributed by atoms with Gasteiger partial charge in [0.2, 0.25) is 5.88 Å². The van der Waals surface area contributed by atoms with Gasteiger partial charge in [-0.05, 0) is 56.0 Å². The van der Waals surface area contributed by atoms with Crippen molar-refractivity contribution in [2.24, 2.45) is 0 Å². The zero-order valence-corrected chi connectivity index (χ0v) is 25.5. The standard InChI is InChI=1S/C34H37N5O4S/c1-22-21-44-33(37-22)29-13-8-16-39(29)34(42)25-12-7-11-24(18-25)32(41)38-28(17-23-9-3-2-4-10-23)31(40)27-19-26(20-36-27)43-30-14-5-6-15-35-30/h2-7,9-12,14-15,18,21,26-29,31,36,40H,8,13,16-17,19-20H2,1H3,(H,38,41)/t26-,27-,28+,29-,31-/m1/s1. The number of pyridine rings is 1. The number of aromatic nitrogens is 2. The molecule has 2 amide bonds. The molecule has 3 N–H and O–H groups in total. The van der Waals surface area contributed by atoms with Crippen molar-refractivity contribution in [2.75, 3.05) is 13.1 Å². The summed E-state index contributed by atoms with van der Waals surface area (Å²) in [6.07, 6.45) is 3.45. The summed E-state index contributed by atoms with van der Waals surface area (Å²) in [5.41, 5.74) is 2.79. The number of amides is 2. The Kier molecular flexibility index (Phi) is 9.30. The van der Waals surface area contributed by atoms with Gasteiger partial charge in [-0.2, -0.15) is 0 Å². The summed E-state index contributed by atoms with van der Waals surface area (Å²) in [5, 5.41) is 21.0. The Hall–Kier alpha value is -4.12. The molecule has 0 aliphatic carbocycles. The van der Waals surface area contributed by atoms with Gasteiger partial charge in [0.1, 0.15) is 11.1 Å². The molecule has 2 aliphatic heterocycles. The fourth-order valence-electron chi connectivity index (χ4n) is 6.08. The average Bonchev–Trinajstić information content (AvgIpc) is 3.82. The van der Waals surface area contributed by atoms with E-state index in [-0.39, 0.29) is 30.0 Å². The third-order valence-corrected chi connectivity index (χ3v) is 9.36. The van der Waals surface area contributed by atoms with Gasteiger partial charge in [-0.25, -0.2) is 9.97 Å². The molecule has 4 aromatic rings. The van der Waals surface area contributed by atoms with E-state index in [1.54, 1.807) is 41.8 Å². The lowest BCUT2D eigenvalue weighted by molar-refractivity contribution is 0.0719. The lowest BCUT2D eigenvalue weighted by Gasteiger charge is -2.29. The molecule has 0 saturated carbocycles. The number of hydrogen-bond donors (Lipinski definition) is 3. The average molecular weight is 612 g/mol. The quantitative estimate of drug-likeness (QED) is 0.244. The van der Waals surface area contributed by atoms with Crippen molar-refractivity contribution in [2.45, 2.75) is 62.9 Å². The molecule has 4 heterocycles. The van der Waals surface area contributed by atoms with E-state index >= 15 is 0 Å². The van der Waals surface area contributed by atoms with E-state index in [9.17, 15) is 14.7 Å². The van der Waals surface area contributed by atoms with Crippen molar-refractivity contribution < 1.29 is 19.4 Å². The first kappa shape index (κ1) is 29.9. The third-order valence-electron chi connectivity index (χ3n) is 8.30. The molecule has 2 saturated heterocycles. The molecule has 2 fully saturated rings. The molecule has 0 unspecified atom stereocenters. The van der Waals surface area contributed by atoms with Gasteiger partial charge in [0.15, 0.2) is 0 Å². The Morgan fingerprint density at radius 2 is 1.93 bits per heavy atom. The van der Waals surface area contributed by atoms with Crippen LogP contribution >= 0.6 is 11.3 Å². The molecule has 2 aromatic heterocycles. The van der Waals surface area contributed by atoms with Crippen LogP contribution in [0.2, 0.25) is 0 Å². The maximum Gasteiger partial charge on any atom is 0.254 e. The number of aryl methyl sites for hydroxylation is 1. The van der Waals surface area contributed by atoms with Gasteiger partial charge in [-0.1, -0.05) is 42.5 Å². The minimum Gasteiger partial charge on any atom is -0.473 e. The summed E-state index contributed by atoms with van der Waals surface area (Å²) in [5.74, 6) is 0.0948. The van der Waals surface area contributed by atoms with E-state index in [1.807, 2.05) is 65.7 Å². The van der Waals surface area contributed by atoms with Crippen molar-refractivity contribution in [1.29, 1.82) is 0 Å². The van der Waals surface area contributed by atoms with E-state index in [1.165, 1.54) is 0 Å². The maximum atomic E-state index is 13.6. The van der Waals surface area contributed by atoms with Gasteiger partial charge in [0, 0.05) is 60.0 Å². The number of nitrogens with one attached hydrogen (secondary N) is 2. The van der Waals surface area contributed by atoms with Crippen LogP contribution in [-0.4, -0.2) is 69.2 Å². The molecular formula is C34H37N5O4S. The molecule has 0 radical (unpaired) electrons. The van der Waals surface area contributed by atoms with E-state index < -0.39 is 12.1 Å². The third kappa shape index (κ3) is 6.99. The zero-order chi connectivity index (χ0) is 30.5. The molecular weight excluding hydrogens is 574 g/mol. The van der Waals surface area contributed by atoms with Crippen LogP contribution in [0, 0.1) is 6.92 Å². The van der Waals surface area contributed by atoms with Crippen LogP contribution in [0.5, 0.6) is 5.88 Å². The first-order valence-corrected chi connectivity index (χ1v) is 16.0. The monoisotopic (exact) mass is 611 g/mol. The SMILES string of the molecule is Cc1csc([C@H]2CCCN2C(=O)c2cccc(C(=O)N[C@@H](Cc3ccccc3)[C@H](O)[C@H]3C[C@@H](Oc4ccccn4)CN3)c2)n1. The van der Waals surface area contributed by atoms with Crippen LogP contribution in [-0.2, 0) is 6.42 Å². The first-order chi connectivity index (χ1) is 21.4. The van der Waals surface area contributed by atoms with Gasteiger partial charge in [0.05, 0.1) is 18.2 Å². The Balaban J connectivity index is 1.16. The molecule has 44 heavy (non-hydrogen) atoms. The molecule has 2 aromatic carbocycles. The highest BCUT2D eigenvalue weighted by Crippen LogP contribution is 2.35. The summed E-state index contributed by atoms with van der Waals surface area (Å²) in [6.45, 7) is 3.18. The van der Waals surface area contributed by atoms with Gasteiger partial charge in [0.25, 0.3) is 11.8 Å². The lowest BCUT2D eigenvalue weighted by atomic mass is 9.94. The summed E-state index contributed by atoms with van der Waals surface area (Å²) in [7, 11) is 0. The number of ether oxygens (including phenoxy) is 1. The van der Waals surface area contributed by atoms with Crippen LogP contribution in [0.25, 0.3) is 0 Å². The van der Waals surface area contributed by atoms with Gasteiger partial charge in [-0.3, -0.25) is 9.59 Å². The number of rotatable bonds is 10. The highest BCUT2D eigenvalue weighted by Gasteiger charge is 2.36. The number of hydrogen-bond acceptors (Lipinski definition) is 8. The van der Waals surface area contributed by atoms with Crippen molar-refractivity contribution >= 4 is 23.2 Å². The summed E-state index contributed by atoms with van der Waals surface area (Å²) in [6, 6.07) is 21.2. The van der Waals surface area contributed by atoms with Crippen molar-refractivity contribution in [3.8, 4) is 5.88 Å². The van der Waals surface area contributed by atoms with Crippen LogP contribution in [0.4, 0.5) is 0 Å². The number of carbonyl (C=O) groups is 2. The van der Waals surface area contributed by atoms with Crippen LogP contribution in [0.1, 0.15) is 62.3 Å². The summed E-state index contributed by atoms with van der Waals surface area (Å²) in [4.78, 5) is 38.0. The molecule has 0 bridgehead atoms. The molecule has 5 atom stereocenters.